The van der Waals surface area contributed by atoms with Gasteiger partial charge in [0.05, 0.1) is 11.1 Å². The van der Waals surface area contributed by atoms with E-state index in [0.717, 1.165) is 24.3 Å². The highest BCUT2D eigenvalue weighted by molar-refractivity contribution is 5.61. The molecule has 0 amide bonds. The third kappa shape index (κ3) is 7.65. The van der Waals surface area contributed by atoms with Crippen molar-refractivity contribution >= 4 is 18.3 Å². The van der Waals surface area contributed by atoms with E-state index in [1.165, 1.54) is 48.6 Å². The summed E-state index contributed by atoms with van der Waals surface area (Å²) in [6, 6.07) is 8.89. The maximum atomic E-state index is 12.5. The summed E-state index contributed by atoms with van der Waals surface area (Å²) >= 11 is 0. The number of benzene rings is 2. The molecule has 0 unspecified atom stereocenters. The van der Waals surface area contributed by atoms with Gasteiger partial charge in [-0.1, -0.05) is 36.4 Å². The Balaban J connectivity index is 1.70. The Bertz CT molecular complexity index is 805. The number of halogens is 6. The minimum Gasteiger partial charge on any atom is -0.430 e. The molecule has 2 aromatic carbocycles. The molecule has 0 aliphatic rings. The lowest BCUT2D eigenvalue weighted by Crippen LogP contribution is -2.07. The van der Waals surface area contributed by atoms with Gasteiger partial charge in [0.15, 0.2) is 0 Å². The molecule has 0 radical (unpaired) electrons. The quantitative estimate of drug-likeness (QED) is 0.382. The molecule has 0 aromatic heterocycles. The average molecular weight is 430 g/mol. The number of rotatable bonds is 6. The molecule has 30 heavy (non-hydrogen) atoms. The molecular weight excluding hydrogens is 414 g/mol. The van der Waals surface area contributed by atoms with Crippen molar-refractivity contribution < 1.29 is 40.6 Å². The van der Waals surface area contributed by atoms with Gasteiger partial charge < -0.3 is 9.47 Å². The molecule has 0 heterocycles. The van der Waals surface area contributed by atoms with Crippen molar-refractivity contribution in [3.63, 3.8) is 0 Å². The van der Waals surface area contributed by atoms with Gasteiger partial charge in [0, 0.05) is 0 Å². The second-order valence-electron chi connectivity index (χ2n) is 5.92. The van der Waals surface area contributed by atoms with Crippen LogP contribution >= 0.6 is 0 Å². The van der Waals surface area contributed by atoms with E-state index in [2.05, 4.69) is 0 Å². The van der Waals surface area contributed by atoms with E-state index in [4.69, 9.17) is 9.47 Å². The predicted molar refractivity (Wildman–Crippen MR) is 98.3 cm³/mol. The molecule has 0 saturated carbocycles. The molecular formula is C21H16F6O3. The summed E-state index contributed by atoms with van der Waals surface area (Å²) in [5.74, 6) is 0. The van der Waals surface area contributed by atoms with Crippen molar-refractivity contribution in [1.29, 1.82) is 0 Å². The lowest BCUT2D eigenvalue weighted by molar-refractivity contribution is -0.138. The Kier molecular flexibility index (Phi) is 7.68. The lowest BCUT2D eigenvalue weighted by atomic mass is 10.1. The average Bonchev–Trinajstić information content (AvgIpc) is 2.68. The second kappa shape index (κ2) is 10.00. The fourth-order valence-corrected chi connectivity index (χ4v) is 2.21. The summed E-state index contributed by atoms with van der Waals surface area (Å²) in [5.41, 5.74) is -0.522. The first kappa shape index (κ1) is 23.1. The molecule has 0 N–H and O–H groups in total. The van der Waals surface area contributed by atoms with Crippen LogP contribution in [0.3, 0.4) is 0 Å². The minimum atomic E-state index is -4.41. The summed E-state index contributed by atoms with van der Waals surface area (Å²) in [4.78, 5) is 11.4. The van der Waals surface area contributed by atoms with E-state index in [9.17, 15) is 31.1 Å². The van der Waals surface area contributed by atoms with Crippen molar-refractivity contribution in [3.8, 4) is 0 Å². The van der Waals surface area contributed by atoms with Crippen LogP contribution in [-0.4, -0.2) is 19.4 Å². The zero-order chi connectivity index (χ0) is 22.2. The molecule has 0 atom stereocenters. The Morgan fingerprint density at radius 1 is 0.667 bits per heavy atom. The van der Waals surface area contributed by atoms with Crippen molar-refractivity contribution in [2.45, 2.75) is 12.4 Å². The van der Waals surface area contributed by atoms with Gasteiger partial charge in [0.25, 0.3) is 0 Å². The SMILES string of the molecule is O=C(OCC=Cc1ccc(C(F)(F)F)cc1)OCC=Cc1ccc(C(F)(F)F)cc1. The molecule has 2 aromatic rings. The highest BCUT2D eigenvalue weighted by Gasteiger charge is 2.30. The van der Waals surface area contributed by atoms with E-state index in [1.54, 1.807) is 0 Å². The fourth-order valence-electron chi connectivity index (χ4n) is 2.21. The van der Waals surface area contributed by atoms with Crippen LogP contribution in [0.25, 0.3) is 12.2 Å². The standard InChI is InChI=1S/C21H16F6O3/c22-20(23,24)17-9-5-15(6-10-17)3-1-13-29-19(28)30-14-2-4-16-7-11-18(12-8-16)21(25,26)27/h1-12H,13-14H2. The first-order chi connectivity index (χ1) is 14.1. The molecule has 0 aliphatic heterocycles. The number of hydrogen-bond acceptors (Lipinski definition) is 3. The van der Waals surface area contributed by atoms with E-state index in [0.29, 0.717) is 11.1 Å². The van der Waals surface area contributed by atoms with Gasteiger partial charge in [-0.15, -0.1) is 0 Å². The van der Waals surface area contributed by atoms with Gasteiger partial charge in [-0.3, -0.25) is 0 Å². The van der Waals surface area contributed by atoms with Crippen molar-refractivity contribution in [3.05, 3.63) is 82.9 Å². The number of hydrogen-bond donors (Lipinski definition) is 0. The summed E-state index contributed by atoms with van der Waals surface area (Å²) in [6.45, 7) is -0.301. The summed E-state index contributed by atoms with van der Waals surface area (Å²) in [7, 11) is 0. The van der Waals surface area contributed by atoms with Gasteiger partial charge in [-0.2, -0.15) is 26.3 Å². The van der Waals surface area contributed by atoms with E-state index in [1.807, 2.05) is 0 Å². The Morgan fingerprint density at radius 2 is 1.00 bits per heavy atom. The maximum absolute atomic E-state index is 12.5. The number of carbonyl (C=O) groups excluding carboxylic acids is 1. The lowest BCUT2D eigenvalue weighted by Gasteiger charge is -2.06. The maximum Gasteiger partial charge on any atom is 0.508 e. The molecule has 160 valence electrons. The van der Waals surface area contributed by atoms with Crippen LogP contribution in [0.1, 0.15) is 22.3 Å². The predicted octanol–water partition coefficient (Wildman–Crippen LogP) is 6.60. The van der Waals surface area contributed by atoms with E-state index in [-0.39, 0.29) is 13.2 Å². The van der Waals surface area contributed by atoms with Crippen LogP contribution in [-0.2, 0) is 21.8 Å². The normalized spacial score (nSPS) is 12.5. The molecule has 0 saturated heterocycles. The third-order valence-electron chi connectivity index (χ3n) is 3.69. The van der Waals surface area contributed by atoms with Crippen molar-refractivity contribution in [1.82, 2.24) is 0 Å². The zero-order valence-corrected chi connectivity index (χ0v) is 15.3. The number of alkyl halides is 6. The summed E-state index contributed by atoms with van der Waals surface area (Å²) in [6.07, 6.45) is -3.95. The molecule has 0 aliphatic carbocycles. The first-order valence-electron chi connectivity index (χ1n) is 8.53. The zero-order valence-electron chi connectivity index (χ0n) is 15.3. The molecule has 2 rings (SSSR count). The molecule has 0 spiro atoms. The van der Waals surface area contributed by atoms with Crippen LogP contribution in [0.4, 0.5) is 31.1 Å². The largest absolute Gasteiger partial charge is 0.508 e. The van der Waals surface area contributed by atoms with Gasteiger partial charge in [-0.05, 0) is 47.5 Å². The van der Waals surface area contributed by atoms with Gasteiger partial charge in [-0.25, -0.2) is 4.79 Å². The third-order valence-corrected chi connectivity index (χ3v) is 3.69. The number of ether oxygens (including phenoxy) is 2. The van der Waals surface area contributed by atoms with Crippen LogP contribution in [0.5, 0.6) is 0 Å². The topological polar surface area (TPSA) is 35.5 Å². The van der Waals surface area contributed by atoms with Crippen molar-refractivity contribution in [2.75, 3.05) is 13.2 Å². The Morgan fingerprint density at radius 3 is 1.30 bits per heavy atom. The minimum absolute atomic E-state index is 0.150. The summed E-state index contributed by atoms with van der Waals surface area (Å²) < 4.78 is 84.3. The van der Waals surface area contributed by atoms with Crippen molar-refractivity contribution in [2.24, 2.45) is 0 Å². The molecule has 3 nitrogen and oxygen atoms in total. The highest BCUT2D eigenvalue weighted by Crippen LogP contribution is 2.30. The van der Waals surface area contributed by atoms with Gasteiger partial charge >= 0.3 is 18.5 Å². The van der Waals surface area contributed by atoms with E-state index >= 15 is 0 Å². The molecule has 0 bridgehead atoms. The van der Waals surface area contributed by atoms with Crippen LogP contribution in [0.2, 0.25) is 0 Å². The van der Waals surface area contributed by atoms with Gasteiger partial charge in [0.1, 0.15) is 13.2 Å². The molecule has 9 heteroatoms. The van der Waals surface area contributed by atoms with Crippen LogP contribution in [0.15, 0.2) is 60.7 Å². The highest BCUT2D eigenvalue weighted by atomic mass is 19.4. The Hall–Kier alpha value is -3.23. The Labute approximate surface area is 168 Å². The number of carbonyl (C=O) groups is 1. The van der Waals surface area contributed by atoms with E-state index < -0.39 is 29.6 Å². The monoisotopic (exact) mass is 430 g/mol. The summed E-state index contributed by atoms with van der Waals surface area (Å²) in [5, 5.41) is 0. The van der Waals surface area contributed by atoms with Crippen LogP contribution < -0.4 is 0 Å². The fraction of sp³-hybridized carbons (Fsp3) is 0.190. The molecule has 0 fully saturated rings. The first-order valence-corrected chi connectivity index (χ1v) is 8.53. The van der Waals surface area contributed by atoms with Gasteiger partial charge in [0.2, 0.25) is 0 Å². The smallest absolute Gasteiger partial charge is 0.430 e. The second-order valence-corrected chi connectivity index (χ2v) is 5.92. The van der Waals surface area contributed by atoms with Crippen LogP contribution in [0, 0.1) is 0 Å².